The topological polar surface area (TPSA) is 76.9 Å². The van der Waals surface area contributed by atoms with E-state index in [0.29, 0.717) is 48.5 Å². The number of imidazole rings is 1. The standard InChI is InChI=1S/C24H23FN4O4S/c25-17-4-3-5-18(14-17)29-9-8-26-24(29)34-16-22(30)27-10-12-28(13-11-27)23(31)21-15-32-19-6-1-2-7-20(19)33-21/h1-9,14,21H,10-13,15-16H2/t21-/m1/s1. The summed E-state index contributed by atoms with van der Waals surface area (Å²) in [6.07, 6.45) is 2.67. The van der Waals surface area contributed by atoms with E-state index in [9.17, 15) is 14.0 Å². The molecule has 3 heterocycles. The molecule has 0 bridgehead atoms. The van der Waals surface area contributed by atoms with Crippen LogP contribution in [-0.4, -0.2) is 75.8 Å². The summed E-state index contributed by atoms with van der Waals surface area (Å²) in [6.45, 7) is 1.95. The van der Waals surface area contributed by atoms with E-state index in [1.165, 1.54) is 23.9 Å². The first-order chi connectivity index (χ1) is 16.6. The van der Waals surface area contributed by atoms with Gasteiger partial charge in [-0.05, 0) is 30.3 Å². The molecule has 1 atom stereocenters. The summed E-state index contributed by atoms with van der Waals surface area (Å²) in [7, 11) is 0. The molecule has 5 rings (SSSR count). The van der Waals surface area contributed by atoms with Crippen molar-refractivity contribution >= 4 is 23.6 Å². The Bertz CT molecular complexity index is 1190. The highest BCUT2D eigenvalue weighted by molar-refractivity contribution is 7.99. The lowest BCUT2D eigenvalue weighted by Gasteiger charge is -2.37. The highest BCUT2D eigenvalue weighted by Crippen LogP contribution is 2.31. The normalized spacial score (nSPS) is 17.5. The van der Waals surface area contributed by atoms with Gasteiger partial charge in [-0.3, -0.25) is 14.2 Å². The molecule has 0 spiro atoms. The van der Waals surface area contributed by atoms with Gasteiger partial charge in [0.1, 0.15) is 12.4 Å². The molecule has 2 aromatic carbocycles. The number of fused-ring (bicyclic) bond motifs is 1. The summed E-state index contributed by atoms with van der Waals surface area (Å²) in [4.78, 5) is 33.4. The fraction of sp³-hybridized carbons (Fsp3) is 0.292. The van der Waals surface area contributed by atoms with Gasteiger partial charge in [-0.2, -0.15) is 0 Å². The molecule has 1 saturated heterocycles. The number of halogens is 1. The molecule has 176 valence electrons. The molecule has 34 heavy (non-hydrogen) atoms. The van der Waals surface area contributed by atoms with E-state index in [0.717, 1.165) is 0 Å². The lowest BCUT2D eigenvalue weighted by Crippen LogP contribution is -2.55. The number of rotatable bonds is 5. The van der Waals surface area contributed by atoms with Crippen LogP contribution in [-0.2, 0) is 9.59 Å². The van der Waals surface area contributed by atoms with Gasteiger partial charge in [0, 0.05) is 38.6 Å². The number of nitrogens with zero attached hydrogens (tertiary/aromatic N) is 4. The highest BCUT2D eigenvalue weighted by atomic mass is 32.2. The number of thioether (sulfide) groups is 1. The zero-order valence-corrected chi connectivity index (χ0v) is 19.1. The van der Waals surface area contributed by atoms with Crippen molar-refractivity contribution in [3.05, 3.63) is 66.7 Å². The van der Waals surface area contributed by atoms with Crippen LogP contribution in [0.4, 0.5) is 4.39 Å². The minimum atomic E-state index is -0.686. The van der Waals surface area contributed by atoms with Crippen LogP contribution >= 0.6 is 11.8 Å². The Morgan fingerprint density at radius 3 is 2.59 bits per heavy atom. The highest BCUT2D eigenvalue weighted by Gasteiger charge is 2.33. The number of benzene rings is 2. The number of piperazine rings is 1. The number of ether oxygens (including phenoxy) is 2. The molecule has 0 radical (unpaired) electrons. The molecule has 1 aromatic heterocycles. The number of para-hydroxylation sites is 2. The van der Waals surface area contributed by atoms with Gasteiger partial charge in [0.25, 0.3) is 5.91 Å². The maximum absolute atomic E-state index is 13.6. The molecular formula is C24H23FN4O4S. The smallest absolute Gasteiger partial charge is 0.267 e. The number of hydrogen-bond donors (Lipinski definition) is 0. The molecule has 0 unspecified atom stereocenters. The van der Waals surface area contributed by atoms with Crippen molar-refractivity contribution < 1.29 is 23.5 Å². The second-order valence-corrected chi connectivity index (χ2v) is 8.86. The van der Waals surface area contributed by atoms with Crippen LogP contribution in [0.2, 0.25) is 0 Å². The van der Waals surface area contributed by atoms with Crippen molar-refractivity contribution in [1.29, 1.82) is 0 Å². The van der Waals surface area contributed by atoms with Gasteiger partial charge in [-0.25, -0.2) is 9.37 Å². The lowest BCUT2D eigenvalue weighted by atomic mass is 10.2. The first kappa shape index (κ1) is 22.3. The van der Waals surface area contributed by atoms with Crippen molar-refractivity contribution in [3.8, 4) is 17.2 Å². The van der Waals surface area contributed by atoms with Crippen LogP contribution in [0.1, 0.15) is 0 Å². The largest absolute Gasteiger partial charge is 0.485 e. The molecule has 10 heteroatoms. The van der Waals surface area contributed by atoms with Gasteiger partial charge in [0.2, 0.25) is 12.0 Å². The third-order valence-electron chi connectivity index (χ3n) is 5.75. The minimum absolute atomic E-state index is 0.0305. The Morgan fingerprint density at radius 2 is 1.79 bits per heavy atom. The van der Waals surface area contributed by atoms with Crippen molar-refractivity contribution in [2.24, 2.45) is 0 Å². The minimum Gasteiger partial charge on any atom is -0.485 e. The molecule has 0 saturated carbocycles. The van der Waals surface area contributed by atoms with Crippen molar-refractivity contribution in [1.82, 2.24) is 19.4 Å². The van der Waals surface area contributed by atoms with Gasteiger partial charge in [-0.15, -0.1) is 0 Å². The first-order valence-corrected chi connectivity index (χ1v) is 11.9. The summed E-state index contributed by atoms with van der Waals surface area (Å²) >= 11 is 1.30. The zero-order valence-electron chi connectivity index (χ0n) is 18.3. The summed E-state index contributed by atoms with van der Waals surface area (Å²) in [5.41, 5.74) is 0.649. The summed E-state index contributed by atoms with van der Waals surface area (Å²) in [5.74, 6) is 0.911. The Hall–Kier alpha value is -3.53. The van der Waals surface area contributed by atoms with Gasteiger partial charge in [0.15, 0.2) is 16.7 Å². The van der Waals surface area contributed by atoms with E-state index in [1.807, 2.05) is 18.2 Å². The third kappa shape index (κ3) is 4.72. The molecule has 0 N–H and O–H groups in total. The fourth-order valence-corrected chi connectivity index (χ4v) is 4.83. The van der Waals surface area contributed by atoms with E-state index < -0.39 is 6.10 Å². The number of hydrogen-bond acceptors (Lipinski definition) is 6. The van der Waals surface area contributed by atoms with E-state index in [2.05, 4.69) is 4.98 Å². The molecule has 8 nitrogen and oxygen atoms in total. The summed E-state index contributed by atoms with van der Waals surface area (Å²) in [5, 5.41) is 0.613. The predicted molar refractivity (Wildman–Crippen MR) is 124 cm³/mol. The van der Waals surface area contributed by atoms with Crippen molar-refractivity contribution in [3.63, 3.8) is 0 Å². The monoisotopic (exact) mass is 482 g/mol. The Balaban J connectivity index is 1.12. The predicted octanol–water partition coefficient (Wildman–Crippen LogP) is 2.61. The van der Waals surface area contributed by atoms with Gasteiger partial charge in [-0.1, -0.05) is 30.0 Å². The van der Waals surface area contributed by atoms with E-state index in [4.69, 9.17) is 9.47 Å². The van der Waals surface area contributed by atoms with Crippen LogP contribution in [0.15, 0.2) is 66.1 Å². The second kappa shape index (κ2) is 9.76. The first-order valence-electron chi connectivity index (χ1n) is 11.0. The molecule has 2 amide bonds. The number of amides is 2. The van der Waals surface area contributed by atoms with Crippen LogP contribution in [0.25, 0.3) is 5.69 Å². The molecule has 1 fully saturated rings. The van der Waals surface area contributed by atoms with Crippen LogP contribution in [0, 0.1) is 5.82 Å². The van der Waals surface area contributed by atoms with Gasteiger partial charge in [0.05, 0.1) is 11.4 Å². The zero-order chi connectivity index (χ0) is 23.5. The summed E-state index contributed by atoms with van der Waals surface area (Å²) < 4.78 is 26.8. The molecule has 0 aliphatic carbocycles. The van der Waals surface area contributed by atoms with Crippen LogP contribution in [0.3, 0.4) is 0 Å². The maximum atomic E-state index is 13.6. The number of carbonyl (C=O) groups is 2. The SMILES string of the molecule is O=C(CSc1nccn1-c1cccc(F)c1)N1CCN(C(=O)[C@H]2COc3ccccc3O2)CC1. The average Bonchev–Trinajstić information content (AvgIpc) is 3.35. The molecule has 3 aromatic rings. The molecular weight excluding hydrogens is 459 g/mol. The van der Waals surface area contributed by atoms with Crippen molar-refractivity contribution in [2.45, 2.75) is 11.3 Å². The van der Waals surface area contributed by atoms with Crippen LogP contribution in [0.5, 0.6) is 11.5 Å². The van der Waals surface area contributed by atoms with E-state index >= 15 is 0 Å². The van der Waals surface area contributed by atoms with E-state index in [-0.39, 0.29) is 30.0 Å². The molecule has 2 aliphatic heterocycles. The lowest BCUT2D eigenvalue weighted by molar-refractivity contribution is -0.145. The van der Waals surface area contributed by atoms with Crippen molar-refractivity contribution in [2.75, 3.05) is 38.5 Å². The molecule has 2 aliphatic rings. The Morgan fingerprint density at radius 1 is 1.03 bits per heavy atom. The van der Waals surface area contributed by atoms with E-state index in [1.54, 1.807) is 45.0 Å². The summed E-state index contributed by atoms with van der Waals surface area (Å²) in [6, 6.07) is 13.5. The van der Waals surface area contributed by atoms with Crippen LogP contribution < -0.4 is 9.47 Å². The quantitative estimate of drug-likeness (QED) is 0.521. The number of carbonyl (C=O) groups excluding carboxylic acids is 2. The second-order valence-electron chi connectivity index (χ2n) is 7.92. The third-order valence-corrected chi connectivity index (χ3v) is 6.70. The number of aromatic nitrogens is 2. The fourth-order valence-electron chi connectivity index (χ4n) is 3.96. The maximum Gasteiger partial charge on any atom is 0.267 e. The van der Waals surface area contributed by atoms with Gasteiger partial charge >= 0.3 is 0 Å². The Kier molecular flexibility index (Phi) is 6.39. The average molecular weight is 483 g/mol. The Labute approximate surface area is 200 Å². The van der Waals surface area contributed by atoms with Gasteiger partial charge < -0.3 is 19.3 Å².